The Morgan fingerprint density at radius 1 is 1.47 bits per heavy atom. The lowest BCUT2D eigenvalue weighted by atomic mass is 9.88. The summed E-state index contributed by atoms with van der Waals surface area (Å²) in [6.07, 6.45) is 3.87. The van der Waals surface area contributed by atoms with E-state index < -0.39 is 0 Å². The number of amides is 1. The van der Waals surface area contributed by atoms with Crippen molar-refractivity contribution in [3.05, 3.63) is 24.0 Å². The first-order valence-electron chi connectivity index (χ1n) is 6.02. The second-order valence-corrected chi connectivity index (χ2v) is 4.89. The average Bonchev–Trinajstić information content (AvgIpc) is 2.32. The minimum Gasteiger partial charge on any atom is -0.505 e. The molecule has 1 N–H and O–H groups in total. The zero-order valence-electron chi connectivity index (χ0n) is 10.3. The summed E-state index contributed by atoms with van der Waals surface area (Å²) in [4.78, 5) is 17.8. The van der Waals surface area contributed by atoms with Crippen LogP contribution in [0.5, 0.6) is 5.75 Å². The van der Waals surface area contributed by atoms with E-state index in [0.717, 1.165) is 19.5 Å². The van der Waals surface area contributed by atoms with Crippen LogP contribution < -0.4 is 0 Å². The number of piperidine rings is 1. The molecule has 0 aliphatic carbocycles. The van der Waals surface area contributed by atoms with E-state index in [0.29, 0.717) is 17.4 Å². The van der Waals surface area contributed by atoms with Crippen LogP contribution >= 0.6 is 0 Å². The van der Waals surface area contributed by atoms with Crippen molar-refractivity contribution in [3.8, 4) is 5.75 Å². The van der Waals surface area contributed by atoms with Gasteiger partial charge in [0.15, 0.2) is 0 Å². The van der Waals surface area contributed by atoms with Crippen LogP contribution in [0.3, 0.4) is 0 Å². The largest absolute Gasteiger partial charge is 0.505 e. The Hall–Kier alpha value is -1.58. The molecule has 2 heterocycles. The molecule has 1 amide bonds. The van der Waals surface area contributed by atoms with Crippen molar-refractivity contribution in [2.24, 2.45) is 11.8 Å². The predicted octanol–water partition coefficient (Wildman–Crippen LogP) is 1.91. The Morgan fingerprint density at radius 2 is 2.24 bits per heavy atom. The van der Waals surface area contributed by atoms with E-state index >= 15 is 0 Å². The number of nitrogens with zero attached hydrogens (tertiary/aromatic N) is 2. The standard InChI is InChI=1S/C13H18N2O2/c1-9-4-6-15(8-10(9)2)13(17)11-3-5-14-7-12(11)16/h3,5,7,9-10,16H,4,6,8H2,1-2H3. The van der Waals surface area contributed by atoms with Gasteiger partial charge >= 0.3 is 0 Å². The van der Waals surface area contributed by atoms with Gasteiger partial charge in [0.1, 0.15) is 5.75 Å². The molecule has 4 heteroatoms. The van der Waals surface area contributed by atoms with Crippen LogP contribution in [0.2, 0.25) is 0 Å². The lowest BCUT2D eigenvalue weighted by molar-refractivity contribution is 0.0624. The molecule has 1 aliphatic rings. The predicted molar refractivity (Wildman–Crippen MR) is 64.8 cm³/mol. The van der Waals surface area contributed by atoms with E-state index in [9.17, 15) is 9.90 Å². The van der Waals surface area contributed by atoms with Crippen LogP contribution in [0, 0.1) is 11.8 Å². The summed E-state index contributed by atoms with van der Waals surface area (Å²) in [6, 6.07) is 1.57. The molecule has 17 heavy (non-hydrogen) atoms. The van der Waals surface area contributed by atoms with Crippen LogP contribution in [0.1, 0.15) is 30.6 Å². The molecule has 1 aliphatic heterocycles. The lowest BCUT2D eigenvalue weighted by Crippen LogP contribution is -2.42. The second-order valence-electron chi connectivity index (χ2n) is 4.89. The third kappa shape index (κ3) is 2.40. The first kappa shape index (κ1) is 11.9. The molecule has 2 unspecified atom stereocenters. The molecule has 4 nitrogen and oxygen atoms in total. The van der Waals surface area contributed by atoms with E-state index in [2.05, 4.69) is 18.8 Å². The van der Waals surface area contributed by atoms with Gasteiger partial charge in [-0.15, -0.1) is 0 Å². The van der Waals surface area contributed by atoms with Crippen LogP contribution in [-0.4, -0.2) is 34.0 Å². The monoisotopic (exact) mass is 234 g/mol. The van der Waals surface area contributed by atoms with E-state index in [1.807, 2.05) is 4.90 Å². The molecule has 2 atom stereocenters. The van der Waals surface area contributed by atoms with Crippen LogP contribution in [-0.2, 0) is 0 Å². The molecule has 0 spiro atoms. The number of carbonyl (C=O) groups is 1. The van der Waals surface area contributed by atoms with Gasteiger partial charge < -0.3 is 10.0 Å². The highest BCUT2D eigenvalue weighted by Gasteiger charge is 2.27. The van der Waals surface area contributed by atoms with Crippen LogP contribution in [0.4, 0.5) is 0 Å². The van der Waals surface area contributed by atoms with Gasteiger partial charge in [0, 0.05) is 19.3 Å². The second kappa shape index (κ2) is 4.73. The first-order chi connectivity index (χ1) is 8.09. The maximum atomic E-state index is 12.2. The summed E-state index contributed by atoms with van der Waals surface area (Å²) >= 11 is 0. The van der Waals surface area contributed by atoms with E-state index in [1.54, 1.807) is 6.07 Å². The lowest BCUT2D eigenvalue weighted by Gasteiger charge is -2.35. The topological polar surface area (TPSA) is 53.4 Å². The number of aromatic hydroxyl groups is 1. The van der Waals surface area contributed by atoms with Crippen molar-refractivity contribution in [2.45, 2.75) is 20.3 Å². The summed E-state index contributed by atoms with van der Waals surface area (Å²) in [5, 5.41) is 9.62. The van der Waals surface area contributed by atoms with Gasteiger partial charge in [0.25, 0.3) is 5.91 Å². The van der Waals surface area contributed by atoms with Crippen LogP contribution in [0.25, 0.3) is 0 Å². The Labute approximate surface area is 101 Å². The van der Waals surface area contributed by atoms with Crippen molar-refractivity contribution in [3.63, 3.8) is 0 Å². The van der Waals surface area contributed by atoms with Crippen molar-refractivity contribution < 1.29 is 9.90 Å². The molecule has 1 fully saturated rings. The molecule has 0 radical (unpaired) electrons. The van der Waals surface area contributed by atoms with Crippen molar-refractivity contribution in [2.75, 3.05) is 13.1 Å². The highest BCUT2D eigenvalue weighted by molar-refractivity contribution is 5.96. The number of rotatable bonds is 1. The number of pyridine rings is 1. The summed E-state index contributed by atoms with van der Waals surface area (Å²) in [5.41, 5.74) is 0.349. The van der Waals surface area contributed by atoms with Crippen molar-refractivity contribution in [1.29, 1.82) is 0 Å². The smallest absolute Gasteiger partial charge is 0.257 e. The number of aromatic nitrogens is 1. The van der Waals surface area contributed by atoms with Gasteiger partial charge in [-0.2, -0.15) is 0 Å². The van der Waals surface area contributed by atoms with Crippen molar-refractivity contribution in [1.82, 2.24) is 9.88 Å². The number of carbonyl (C=O) groups excluding carboxylic acids is 1. The zero-order valence-corrected chi connectivity index (χ0v) is 10.3. The first-order valence-corrected chi connectivity index (χ1v) is 6.02. The minimum atomic E-state index is -0.0938. The molecule has 0 aromatic carbocycles. The van der Waals surface area contributed by atoms with E-state index in [4.69, 9.17) is 0 Å². The van der Waals surface area contributed by atoms with E-state index in [1.165, 1.54) is 12.4 Å². The molecule has 1 aromatic rings. The molecule has 2 rings (SSSR count). The summed E-state index contributed by atoms with van der Waals surface area (Å²) in [5.74, 6) is 1.04. The highest BCUT2D eigenvalue weighted by atomic mass is 16.3. The normalized spacial score (nSPS) is 24.7. The fourth-order valence-corrected chi connectivity index (χ4v) is 2.18. The van der Waals surface area contributed by atoms with Gasteiger partial charge in [-0.3, -0.25) is 9.78 Å². The maximum Gasteiger partial charge on any atom is 0.257 e. The molecule has 0 saturated carbocycles. The fourth-order valence-electron chi connectivity index (χ4n) is 2.18. The third-order valence-electron chi connectivity index (χ3n) is 3.65. The Bertz CT molecular complexity index is 420. The van der Waals surface area contributed by atoms with E-state index in [-0.39, 0.29) is 11.7 Å². The molecule has 1 aromatic heterocycles. The number of hydrogen-bond acceptors (Lipinski definition) is 3. The Kier molecular flexibility index (Phi) is 3.31. The van der Waals surface area contributed by atoms with Gasteiger partial charge in [-0.1, -0.05) is 13.8 Å². The maximum absolute atomic E-state index is 12.2. The summed E-state index contributed by atoms with van der Waals surface area (Å²) < 4.78 is 0. The average molecular weight is 234 g/mol. The number of hydrogen-bond donors (Lipinski definition) is 1. The third-order valence-corrected chi connectivity index (χ3v) is 3.65. The summed E-state index contributed by atoms with van der Waals surface area (Å²) in [7, 11) is 0. The van der Waals surface area contributed by atoms with Gasteiger partial charge in [-0.25, -0.2) is 0 Å². The molecular weight excluding hydrogens is 216 g/mol. The quantitative estimate of drug-likeness (QED) is 0.807. The minimum absolute atomic E-state index is 0.0382. The zero-order chi connectivity index (χ0) is 12.4. The van der Waals surface area contributed by atoms with Gasteiger partial charge in [-0.05, 0) is 24.3 Å². The number of likely N-dealkylation sites (tertiary alicyclic amines) is 1. The summed E-state index contributed by atoms with van der Waals surface area (Å²) in [6.45, 7) is 5.92. The Morgan fingerprint density at radius 3 is 2.88 bits per heavy atom. The highest BCUT2D eigenvalue weighted by Crippen LogP contribution is 2.25. The Balaban J connectivity index is 2.14. The molecular formula is C13H18N2O2. The SMILES string of the molecule is CC1CCN(C(=O)c2ccncc2O)CC1C. The van der Waals surface area contributed by atoms with Crippen LogP contribution in [0.15, 0.2) is 18.5 Å². The van der Waals surface area contributed by atoms with Gasteiger partial charge in [0.2, 0.25) is 0 Å². The molecule has 92 valence electrons. The fraction of sp³-hybridized carbons (Fsp3) is 0.538. The van der Waals surface area contributed by atoms with Gasteiger partial charge in [0.05, 0.1) is 11.8 Å². The van der Waals surface area contributed by atoms with Crippen molar-refractivity contribution >= 4 is 5.91 Å². The molecule has 1 saturated heterocycles. The molecule has 0 bridgehead atoms.